The van der Waals surface area contributed by atoms with Gasteiger partial charge in [-0.25, -0.2) is 0 Å². The van der Waals surface area contributed by atoms with Crippen LogP contribution in [0, 0.1) is 0 Å². The summed E-state index contributed by atoms with van der Waals surface area (Å²) in [4.78, 5) is 24.9. The molecule has 2 rings (SSSR count). The summed E-state index contributed by atoms with van der Waals surface area (Å²) in [5.74, 6) is 0.0177. The van der Waals surface area contributed by atoms with Crippen molar-refractivity contribution >= 4 is 11.7 Å². The fraction of sp³-hybridized carbons (Fsp3) is 0.385. The van der Waals surface area contributed by atoms with Crippen molar-refractivity contribution in [1.29, 1.82) is 0 Å². The van der Waals surface area contributed by atoms with Crippen LogP contribution in [0.4, 0.5) is 0 Å². The Morgan fingerprint density at radius 2 is 1.94 bits per heavy atom. The normalized spacial score (nSPS) is 20.6. The van der Waals surface area contributed by atoms with Crippen molar-refractivity contribution in [2.24, 2.45) is 0 Å². The predicted octanol–water partition coefficient (Wildman–Crippen LogP) is 1.77. The predicted molar refractivity (Wildman–Crippen MR) is 60.7 cm³/mol. The van der Waals surface area contributed by atoms with E-state index >= 15 is 0 Å². The number of amides is 1. The first kappa shape index (κ1) is 10.9. The topological polar surface area (TPSA) is 37.4 Å². The van der Waals surface area contributed by atoms with Gasteiger partial charge in [-0.1, -0.05) is 37.3 Å². The summed E-state index contributed by atoms with van der Waals surface area (Å²) in [6, 6.07) is 9.56. The number of carbonyl (C=O) groups excluding carboxylic acids is 2. The second-order valence-corrected chi connectivity index (χ2v) is 4.07. The number of rotatable bonds is 3. The Bertz CT molecular complexity index is 400. The highest BCUT2D eigenvalue weighted by molar-refractivity contribution is 6.07. The summed E-state index contributed by atoms with van der Waals surface area (Å²) >= 11 is 0. The molecule has 0 unspecified atom stereocenters. The van der Waals surface area contributed by atoms with E-state index in [1.165, 1.54) is 0 Å². The lowest BCUT2D eigenvalue weighted by Crippen LogP contribution is -2.34. The van der Waals surface area contributed by atoms with Crippen molar-refractivity contribution < 1.29 is 9.59 Å². The van der Waals surface area contributed by atoms with Gasteiger partial charge in [0, 0.05) is 6.54 Å². The van der Waals surface area contributed by atoms with Gasteiger partial charge in [-0.2, -0.15) is 0 Å². The van der Waals surface area contributed by atoms with Crippen molar-refractivity contribution in [3.8, 4) is 0 Å². The number of Topliss-reactive ketones (excluding diaryl/α,β-unsaturated/α-hetero) is 1. The average Bonchev–Trinajstić information content (AvgIpc) is 2.55. The number of ketones is 1. The SMILES string of the molecule is CC[C@H]1C(=O)CC(=O)N1Cc1ccccc1. The first-order valence-electron chi connectivity index (χ1n) is 5.58. The molecule has 84 valence electrons. The van der Waals surface area contributed by atoms with Crippen LogP contribution in [-0.4, -0.2) is 22.6 Å². The van der Waals surface area contributed by atoms with Crippen molar-refractivity contribution in [3.63, 3.8) is 0 Å². The lowest BCUT2D eigenvalue weighted by molar-refractivity contribution is -0.129. The van der Waals surface area contributed by atoms with Crippen LogP contribution < -0.4 is 0 Å². The van der Waals surface area contributed by atoms with Crippen molar-refractivity contribution in [2.45, 2.75) is 32.4 Å². The van der Waals surface area contributed by atoms with E-state index < -0.39 is 0 Å². The molecule has 0 aliphatic carbocycles. The first-order valence-corrected chi connectivity index (χ1v) is 5.58. The van der Waals surface area contributed by atoms with Gasteiger partial charge >= 0.3 is 0 Å². The molecular weight excluding hydrogens is 202 g/mol. The number of benzene rings is 1. The van der Waals surface area contributed by atoms with Crippen LogP contribution >= 0.6 is 0 Å². The van der Waals surface area contributed by atoms with Crippen molar-refractivity contribution in [3.05, 3.63) is 35.9 Å². The second kappa shape index (κ2) is 4.47. The maximum Gasteiger partial charge on any atom is 0.231 e. The van der Waals surface area contributed by atoms with Crippen LogP contribution in [0.15, 0.2) is 30.3 Å². The van der Waals surface area contributed by atoms with E-state index in [0.717, 1.165) is 5.56 Å². The highest BCUT2D eigenvalue weighted by atomic mass is 16.2. The van der Waals surface area contributed by atoms with Gasteiger partial charge in [0.1, 0.15) is 0 Å². The first-order chi connectivity index (χ1) is 7.72. The minimum absolute atomic E-state index is 0.0410. The summed E-state index contributed by atoms with van der Waals surface area (Å²) in [6.45, 7) is 2.49. The number of carbonyl (C=O) groups is 2. The summed E-state index contributed by atoms with van der Waals surface area (Å²) < 4.78 is 0. The monoisotopic (exact) mass is 217 g/mol. The number of hydrogen-bond acceptors (Lipinski definition) is 2. The molecule has 0 radical (unpaired) electrons. The fourth-order valence-electron chi connectivity index (χ4n) is 2.14. The Kier molecular flexibility index (Phi) is 3.04. The minimum atomic E-state index is -0.215. The quantitative estimate of drug-likeness (QED) is 0.723. The van der Waals surface area contributed by atoms with Crippen LogP contribution in [0.3, 0.4) is 0 Å². The van der Waals surface area contributed by atoms with E-state index in [9.17, 15) is 9.59 Å². The van der Waals surface area contributed by atoms with E-state index in [4.69, 9.17) is 0 Å². The molecule has 0 aromatic heterocycles. The molecule has 1 aliphatic heterocycles. The Morgan fingerprint density at radius 1 is 1.25 bits per heavy atom. The van der Waals surface area contributed by atoms with E-state index in [1.54, 1.807) is 4.90 Å². The molecule has 1 fully saturated rings. The molecular formula is C13H15NO2. The third-order valence-electron chi connectivity index (χ3n) is 2.98. The maximum absolute atomic E-state index is 11.7. The van der Waals surface area contributed by atoms with Crippen LogP contribution in [0.25, 0.3) is 0 Å². The molecule has 0 N–H and O–H groups in total. The Morgan fingerprint density at radius 3 is 2.56 bits per heavy atom. The molecule has 1 atom stereocenters. The molecule has 1 aromatic carbocycles. The lowest BCUT2D eigenvalue weighted by atomic mass is 10.1. The van der Waals surface area contributed by atoms with E-state index in [-0.39, 0.29) is 24.2 Å². The minimum Gasteiger partial charge on any atom is -0.328 e. The van der Waals surface area contributed by atoms with Gasteiger partial charge in [0.05, 0.1) is 12.5 Å². The van der Waals surface area contributed by atoms with Gasteiger partial charge in [0.25, 0.3) is 0 Å². The van der Waals surface area contributed by atoms with Crippen LogP contribution in [0.2, 0.25) is 0 Å². The van der Waals surface area contributed by atoms with Crippen LogP contribution in [-0.2, 0) is 16.1 Å². The Labute approximate surface area is 95.1 Å². The van der Waals surface area contributed by atoms with Gasteiger partial charge in [-0.05, 0) is 12.0 Å². The van der Waals surface area contributed by atoms with E-state index in [2.05, 4.69) is 0 Å². The summed E-state index contributed by atoms with van der Waals surface area (Å²) in [5.41, 5.74) is 1.07. The second-order valence-electron chi connectivity index (χ2n) is 4.07. The molecule has 1 aliphatic rings. The zero-order valence-electron chi connectivity index (χ0n) is 9.35. The van der Waals surface area contributed by atoms with Gasteiger partial charge in [0.2, 0.25) is 5.91 Å². The smallest absolute Gasteiger partial charge is 0.231 e. The average molecular weight is 217 g/mol. The van der Waals surface area contributed by atoms with E-state index in [0.29, 0.717) is 13.0 Å². The summed E-state index contributed by atoms with van der Waals surface area (Å²) in [7, 11) is 0. The zero-order valence-corrected chi connectivity index (χ0v) is 9.35. The van der Waals surface area contributed by atoms with Gasteiger partial charge in [-0.3, -0.25) is 9.59 Å². The highest BCUT2D eigenvalue weighted by Crippen LogP contribution is 2.20. The van der Waals surface area contributed by atoms with Gasteiger partial charge < -0.3 is 4.90 Å². The molecule has 0 saturated carbocycles. The lowest BCUT2D eigenvalue weighted by Gasteiger charge is -2.22. The molecule has 0 spiro atoms. The fourth-order valence-corrected chi connectivity index (χ4v) is 2.14. The molecule has 1 heterocycles. The molecule has 1 aromatic rings. The Balaban J connectivity index is 2.14. The Hall–Kier alpha value is -1.64. The molecule has 0 bridgehead atoms. The standard InChI is InChI=1S/C13H15NO2/c1-2-11-12(15)8-13(16)14(11)9-10-6-4-3-5-7-10/h3-7,11H,2,8-9H2,1H3/t11-/m0/s1. The highest BCUT2D eigenvalue weighted by Gasteiger charge is 2.36. The van der Waals surface area contributed by atoms with Gasteiger partial charge in [0.15, 0.2) is 5.78 Å². The van der Waals surface area contributed by atoms with Crippen LogP contribution in [0.5, 0.6) is 0 Å². The number of nitrogens with zero attached hydrogens (tertiary/aromatic N) is 1. The van der Waals surface area contributed by atoms with Crippen molar-refractivity contribution in [1.82, 2.24) is 4.90 Å². The molecule has 1 saturated heterocycles. The maximum atomic E-state index is 11.7. The molecule has 1 amide bonds. The number of hydrogen-bond donors (Lipinski definition) is 0. The largest absolute Gasteiger partial charge is 0.328 e. The van der Waals surface area contributed by atoms with E-state index in [1.807, 2.05) is 37.3 Å². The summed E-state index contributed by atoms with van der Waals surface area (Å²) in [6.07, 6.45) is 0.781. The zero-order chi connectivity index (χ0) is 11.5. The van der Waals surface area contributed by atoms with Crippen LogP contribution in [0.1, 0.15) is 25.3 Å². The molecule has 3 heteroatoms. The summed E-state index contributed by atoms with van der Waals surface area (Å²) in [5, 5.41) is 0. The van der Waals surface area contributed by atoms with Gasteiger partial charge in [-0.15, -0.1) is 0 Å². The third kappa shape index (κ3) is 1.98. The third-order valence-corrected chi connectivity index (χ3v) is 2.98. The molecule has 16 heavy (non-hydrogen) atoms. The van der Waals surface area contributed by atoms with Crippen molar-refractivity contribution in [2.75, 3.05) is 0 Å². The molecule has 3 nitrogen and oxygen atoms in total. The number of likely N-dealkylation sites (tertiary alicyclic amines) is 1.